The first-order valence-electron chi connectivity index (χ1n) is 12.9. The van der Waals surface area contributed by atoms with Crippen LogP contribution in [-0.2, 0) is 34.1 Å². The molecule has 0 aliphatic carbocycles. The quantitative estimate of drug-likeness (QED) is 0.136. The number of nitrogens with zero attached hydrogens (tertiary/aromatic N) is 8. The van der Waals surface area contributed by atoms with Crippen molar-refractivity contribution in [3.05, 3.63) is 104 Å². The van der Waals surface area contributed by atoms with Gasteiger partial charge >= 0.3 is 17.1 Å². The van der Waals surface area contributed by atoms with E-state index in [-0.39, 0.29) is 41.6 Å². The first-order valence-corrected chi connectivity index (χ1v) is 12.9. The van der Waals surface area contributed by atoms with Crippen molar-refractivity contribution in [1.82, 2.24) is 39.9 Å². The Labute approximate surface area is 267 Å². The molecular formula is C33H19Fe2N8-. The molecular weight excluding hydrogens is 620 g/mol. The Hall–Kier alpha value is -4.72. The van der Waals surface area contributed by atoms with E-state index in [1.165, 1.54) is 0 Å². The van der Waals surface area contributed by atoms with Crippen LogP contribution in [0.1, 0.15) is 0 Å². The largest absolute Gasteiger partial charge is 2.00 e. The van der Waals surface area contributed by atoms with Crippen LogP contribution in [0.25, 0.3) is 89.7 Å². The summed E-state index contributed by atoms with van der Waals surface area (Å²) in [6.45, 7) is 0. The summed E-state index contributed by atoms with van der Waals surface area (Å²) in [6, 6.07) is 31.8. The molecule has 0 N–H and O–H groups in total. The van der Waals surface area contributed by atoms with Crippen molar-refractivity contribution in [2.45, 2.75) is 0 Å². The van der Waals surface area contributed by atoms with Gasteiger partial charge in [0, 0.05) is 61.9 Å². The van der Waals surface area contributed by atoms with Crippen LogP contribution >= 0.6 is 0 Å². The van der Waals surface area contributed by atoms with Gasteiger partial charge in [-0.3, -0.25) is 0 Å². The van der Waals surface area contributed by atoms with Gasteiger partial charge in [-0.05, 0) is 21.5 Å². The average molecular weight is 639 g/mol. The van der Waals surface area contributed by atoms with E-state index in [0.29, 0.717) is 45.9 Å². The van der Waals surface area contributed by atoms with Crippen molar-refractivity contribution in [2.75, 3.05) is 0 Å². The van der Waals surface area contributed by atoms with E-state index >= 15 is 0 Å². The summed E-state index contributed by atoms with van der Waals surface area (Å²) in [6.07, 6.45) is 0. The van der Waals surface area contributed by atoms with Crippen LogP contribution in [0.5, 0.6) is 0 Å². The summed E-state index contributed by atoms with van der Waals surface area (Å²) >= 11 is 0. The van der Waals surface area contributed by atoms with Gasteiger partial charge in [-0.1, -0.05) is 97.1 Å². The molecule has 0 saturated carbocycles. The van der Waals surface area contributed by atoms with Crippen LogP contribution in [0.4, 0.5) is 0 Å². The molecule has 0 saturated heterocycles. The molecule has 0 unspecified atom stereocenters. The summed E-state index contributed by atoms with van der Waals surface area (Å²) in [5, 5.41) is 3.57. The fraction of sp³-hybridized carbons (Fsp3) is 0. The smallest absolute Gasteiger partial charge is 0.358 e. The third-order valence-corrected chi connectivity index (χ3v) is 7.33. The molecule has 43 heavy (non-hydrogen) atoms. The summed E-state index contributed by atoms with van der Waals surface area (Å²) in [5.41, 5.74) is 5.78. The topological polar surface area (TPSA) is 106 Å². The fourth-order valence-corrected chi connectivity index (χ4v) is 5.46. The minimum Gasteiger partial charge on any atom is -0.358 e. The predicted octanol–water partition coefficient (Wildman–Crippen LogP) is 6.57. The van der Waals surface area contributed by atoms with Gasteiger partial charge in [-0.2, -0.15) is 0 Å². The van der Waals surface area contributed by atoms with Crippen molar-refractivity contribution in [2.24, 2.45) is 0 Å². The van der Waals surface area contributed by atoms with Crippen LogP contribution in [0.3, 0.4) is 0 Å². The second kappa shape index (κ2) is 10.8. The second-order valence-electron chi connectivity index (χ2n) is 9.67. The van der Waals surface area contributed by atoms with Crippen LogP contribution < -0.4 is 9.97 Å². The van der Waals surface area contributed by atoms with Crippen molar-refractivity contribution in [1.29, 1.82) is 0 Å². The Bertz CT molecular complexity index is 2040. The van der Waals surface area contributed by atoms with Gasteiger partial charge in [0.05, 0.1) is 23.3 Å². The number of aromatic nitrogens is 8. The number of hydrogen-bond donors (Lipinski definition) is 0. The van der Waals surface area contributed by atoms with Gasteiger partial charge in [0.1, 0.15) is 0 Å². The molecule has 8 nitrogen and oxygen atoms in total. The van der Waals surface area contributed by atoms with E-state index in [0.717, 1.165) is 43.8 Å². The third-order valence-electron chi connectivity index (χ3n) is 7.33. The van der Waals surface area contributed by atoms with Gasteiger partial charge in [-0.15, -0.1) is 0 Å². The van der Waals surface area contributed by atoms with Crippen molar-refractivity contribution >= 4 is 44.1 Å². The van der Waals surface area contributed by atoms with Crippen molar-refractivity contribution in [3.8, 4) is 45.6 Å². The zero-order chi connectivity index (χ0) is 26.2. The Kier molecular flexibility index (Phi) is 7.16. The molecule has 0 spiro atoms. The van der Waals surface area contributed by atoms with Crippen LogP contribution in [-0.4, -0.2) is 29.9 Å². The summed E-state index contributed by atoms with van der Waals surface area (Å²) in [5.74, 6) is 2.21. The molecule has 208 valence electrons. The van der Waals surface area contributed by atoms with Crippen LogP contribution in [0.15, 0.2) is 97.1 Å². The average Bonchev–Trinajstić information content (AvgIpc) is 3.73. The monoisotopic (exact) mass is 639 g/mol. The molecule has 2 aliphatic rings. The summed E-state index contributed by atoms with van der Waals surface area (Å²) < 4.78 is 0. The first-order chi connectivity index (χ1) is 19.8. The van der Waals surface area contributed by atoms with E-state index in [1.54, 1.807) is 0 Å². The maximum absolute atomic E-state index is 4.95. The van der Waals surface area contributed by atoms with Crippen molar-refractivity contribution < 1.29 is 34.1 Å². The van der Waals surface area contributed by atoms with Gasteiger partial charge in [0.25, 0.3) is 0 Å². The zero-order valence-electron chi connectivity index (χ0n) is 22.5. The van der Waals surface area contributed by atoms with Crippen LogP contribution in [0.2, 0.25) is 0 Å². The maximum atomic E-state index is 4.95. The molecule has 9 rings (SSSR count). The van der Waals surface area contributed by atoms with Gasteiger partial charge in [-0.25, -0.2) is 9.97 Å². The third kappa shape index (κ3) is 4.35. The molecule has 0 radical (unpaired) electrons. The predicted molar refractivity (Wildman–Crippen MR) is 160 cm³/mol. The summed E-state index contributed by atoms with van der Waals surface area (Å²) in [7, 11) is 0. The Balaban J connectivity index is 0.00000110. The maximum Gasteiger partial charge on any atom is 2.00 e. The van der Waals surface area contributed by atoms with E-state index in [4.69, 9.17) is 39.9 Å². The Morgan fingerprint density at radius 2 is 0.581 bits per heavy atom. The molecule has 10 heteroatoms. The van der Waals surface area contributed by atoms with E-state index in [9.17, 15) is 0 Å². The van der Waals surface area contributed by atoms with E-state index < -0.39 is 0 Å². The normalized spacial score (nSPS) is 11.2. The van der Waals surface area contributed by atoms with Crippen LogP contribution in [0, 0.1) is 7.43 Å². The molecule has 0 amide bonds. The molecule has 5 heterocycles. The minimum atomic E-state index is 0. The van der Waals surface area contributed by atoms with Gasteiger partial charge < -0.3 is 37.3 Å². The molecule has 2 aliphatic heterocycles. The standard InChI is InChI=1S/C32H16N8.CH3.2Fe/c1-2-10-18-17(9-1)25-33-26(18)38-28-21-13-5-6-14-22(21)30(35-28)40-32-24-16-8-7-15-23(24)31(36-32)39-29-20-12-4-3-11-19(20)27(34-29)37-25;;;/h1-16H;1H3;;/q-2;-1;;+2. The van der Waals surface area contributed by atoms with E-state index in [1.807, 2.05) is 97.1 Å². The SMILES string of the molecule is [CH3-].[Fe+2].[Fe].c1ccc2c(c1)-c1nc-2nc2[n-]c(nc3nc(nc4[n-]c(n1)c1ccccc41)-c1ccccc1-3)c1ccccc21. The number of fused-ring (bicyclic) bond motifs is 20. The molecule has 0 fully saturated rings. The van der Waals surface area contributed by atoms with Gasteiger partial charge in [0.2, 0.25) is 0 Å². The molecule has 4 aromatic carbocycles. The van der Waals surface area contributed by atoms with Crippen molar-refractivity contribution in [3.63, 3.8) is 0 Å². The minimum absolute atomic E-state index is 0. The Morgan fingerprint density at radius 3 is 0.837 bits per heavy atom. The number of hydrogen-bond acceptors (Lipinski definition) is 6. The first kappa shape index (κ1) is 28.4. The molecule has 8 bridgehead atoms. The zero-order valence-corrected chi connectivity index (χ0v) is 24.7. The second-order valence-corrected chi connectivity index (χ2v) is 9.67. The number of rotatable bonds is 0. The molecule has 3 aromatic heterocycles. The van der Waals surface area contributed by atoms with Gasteiger partial charge in [0.15, 0.2) is 0 Å². The number of benzene rings is 4. The molecule has 0 atom stereocenters. The van der Waals surface area contributed by atoms with E-state index in [2.05, 4.69) is 0 Å². The fourth-order valence-electron chi connectivity index (χ4n) is 5.46. The summed E-state index contributed by atoms with van der Waals surface area (Å²) in [4.78, 5) is 39.3. The Morgan fingerprint density at radius 1 is 0.349 bits per heavy atom. The molecule has 7 aromatic rings.